The first-order valence-electron chi connectivity index (χ1n) is 6.68. The van der Waals surface area contributed by atoms with Gasteiger partial charge in [0, 0.05) is 26.6 Å². The van der Waals surface area contributed by atoms with Crippen LogP contribution in [0.3, 0.4) is 0 Å². The Hall–Kier alpha value is -1.39. The van der Waals surface area contributed by atoms with Crippen molar-refractivity contribution in [3.8, 4) is 11.3 Å². The molecule has 0 unspecified atom stereocenters. The van der Waals surface area contributed by atoms with Crippen molar-refractivity contribution in [2.24, 2.45) is 0 Å². The van der Waals surface area contributed by atoms with Crippen LogP contribution in [-0.2, 0) is 6.42 Å². The summed E-state index contributed by atoms with van der Waals surface area (Å²) >= 11 is 7.05. The third-order valence-electron chi connectivity index (χ3n) is 3.35. The Morgan fingerprint density at radius 1 is 1.00 bits per heavy atom. The lowest BCUT2D eigenvalue weighted by atomic mass is 10.1. The minimum Gasteiger partial charge on any atom is -0.345 e. The normalized spacial score (nSPS) is 10.8. The van der Waals surface area contributed by atoms with Gasteiger partial charge in [-0.25, -0.2) is 4.98 Å². The van der Waals surface area contributed by atoms with E-state index in [9.17, 15) is 0 Å². The van der Waals surface area contributed by atoms with Crippen LogP contribution in [0.1, 0.15) is 17.1 Å². The molecule has 0 radical (unpaired) electrons. The maximum absolute atomic E-state index is 4.76. The highest BCUT2D eigenvalue weighted by molar-refractivity contribution is 9.10. The molecular weight excluding hydrogens is 392 g/mol. The summed E-state index contributed by atoms with van der Waals surface area (Å²) < 4.78 is 2.16. The van der Waals surface area contributed by atoms with Crippen LogP contribution in [-0.4, -0.2) is 9.97 Å². The van der Waals surface area contributed by atoms with Crippen molar-refractivity contribution in [2.45, 2.75) is 13.3 Å². The number of hydrogen-bond donors (Lipinski definition) is 1. The summed E-state index contributed by atoms with van der Waals surface area (Å²) in [6.45, 7) is 2.06. The van der Waals surface area contributed by atoms with Crippen LogP contribution in [0.15, 0.2) is 57.5 Å². The number of hydrogen-bond acceptors (Lipinski definition) is 1. The average Bonchev–Trinajstić information content (AvgIpc) is 2.83. The van der Waals surface area contributed by atoms with Crippen LogP contribution in [0.5, 0.6) is 0 Å². The summed E-state index contributed by atoms with van der Waals surface area (Å²) in [5.74, 6) is 0.987. The van der Waals surface area contributed by atoms with Crippen molar-refractivity contribution >= 4 is 31.9 Å². The van der Waals surface area contributed by atoms with Crippen LogP contribution in [0.25, 0.3) is 11.3 Å². The van der Waals surface area contributed by atoms with Gasteiger partial charge in [0.05, 0.1) is 5.69 Å². The number of imidazole rings is 1. The zero-order valence-electron chi connectivity index (χ0n) is 11.5. The van der Waals surface area contributed by atoms with Crippen molar-refractivity contribution in [1.82, 2.24) is 9.97 Å². The van der Waals surface area contributed by atoms with Gasteiger partial charge in [-0.05, 0) is 30.7 Å². The average molecular weight is 406 g/mol. The molecule has 21 heavy (non-hydrogen) atoms. The molecule has 4 heteroatoms. The van der Waals surface area contributed by atoms with E-state index in [2.05, 4.69) is 74.1 Å². The van der Waals surface area contributed by atoms with Gasteiger partial charge in [-0.1, -0.05) is 62.2 Å². The minimum absolute atomic E-state index is 0.804. The fourth-order valence-corrected chi connectivity index (χ4v) is 3.05. The monoisotopic (exact) mass is 404 g/mol. The number of nitrogens with one attached hydrogen (secondary N) is 1. The highest BCUT2D eigenvalue weighted by Gasteiger charge is 2.11. The van der Waals surface area contributed by atoms with Gasteiger partial charge in [-0.15, -0.1) is 0 Å². The lowest BCUT2D eigenvalue weighted by Crippen LogP contribution is -1.90. The number of aromatic amines is 1. The number of H-pyrrole nitrogens is 1. The molecule has 0 aliphatic heterocycles. The van der Waals surface area contributed by atoms with E-state index in [0.717, 1.165) is 38.1 Å². The van der Waals surface area contributed by atoms with Crippen LogP contribution < -0.4 is 0 Å². The van der Waals surface area contributed by atoms with Gasteiger partial charge in [-0.2, -0.15) is 0 Å². The molecule has 3 aromatic rings. The van der Waals surface area contributed by atoms with Gasteiger partial charge in [0.25, 0.3) is 0 Å². The van der Waals surface area contributed by atoms with Crippen LogP contribution in [0, 0.1) is 6.92 Å². The second-order valence-electron chi connectivity index (χ2n) is 4.94. The molecule has 0 spiro atoms. The number of nitrogens with zero attached hydrogens (tertiary/aromatic N) is 1. The van der Waals surface area contributed by atoms with Crippen molar-refractivity contribution in [1.29, 1.82) is 0 Å². The number of benzene rings is 2. The Bertz CT molecular complexity index is 761. The lowest BCUT2D eigenvalue weighted by Gasteiger charge is -2.01. The van der Waals surface area contributed by atoms with Gasteiger partial charge in [0.15, 0.2) is 0 Å². The maximum Gasteiger partial charge on any atom is 0.111 e. The van der Waals surface area contributed by atoms with Crippen LogP contribution >= 0.6 is 31.9 Å². The maximum atomic E-state index is 4.76. The first-order valence-corrected chi connectivity index (χ1v) is 8.27. The van der Waals surface area contributed by atoms with E-state index in [1.165, 1.54) is 5.56 Å². The molecule has 106 valence electrons. The molecule has 0 aliphatic rings. The lowest BCUT2D eigenvalue weighted by molar-refractivity contribution is 1.02. The van der Waals surface area contributed by atoms with Crippen molar-refractivity contribution in [3.05, 3.63) is 74.6 Å². The summed E-state index contributed by atoms with van der Waals surface area (Å²) in [6, 6.07) is 16.5. The smallest absolute Gasteiger partial charge is 0.111 e. The standard InChI is InChI=1S/C17H14Br2N2/c1-11-17(14-4-2-3-5-15(14)19)21-16(20-11)10-12-6-8-13(18)9-7-12/h2-9H,10H2,1H3,(H,20,21). The Morgan fingerprint density at radius 2 is 1.71 bits per heavy atom. The van der Waals surface area contributed by atoms with Gasteiger partial charge >= 0.3 is 0 Å². The molecule has 0 fully saturated rings. The quantitative estimate of drug-likeness (QED) is 0.612. The van der Waals surface area contributed by atoms with Gasteiger partial charge in [0.1, 0.15) is 5.82 Å². The topological polar surface area (TPSA) is 28.7 Å². The Kier molecular flexibility index (Phi) is 4.27. The zero-order valence-corrected chi connectivity index (χ0v) is 14.7. The fourth-order valence-electron chi connectivity index (χ4n) is 2.32. The Balaban J connectivity index is 1.91. The Morgan fingerprint density at radius 3 is 2.43 bits per heavy atom. The number of halogens is 2. The molecule has 3 rings (SSSR count). The predicted molar refractivity (Wildman–Crippen MR) is 93.4 cm³/mol. The molecule has 2 nitrogen and oxygen atoms in total. The van der Waals surface area contributed by atoms with E-state index in [1.807, 2.05) is 18.2 Å². The molecule has 0 bridgehead atoms. The Labute approximate surface area is 140 Å². The van der Waals surface area contributed by atoms with Gasteiger partial charge < -0.3 is 4.98 Å². The van der Waals surface area contributed by atoms with E-state index in [4.69, 9.17) is 4.98 Å². The molecule has 1 aromatic heterocycles. The summed E-state index contributed by atoms with van der Waals surface area (Å²) in [7, 11) is 0. The molecule has 0 saturated heterocycles. The van der Waals surface area contributed by atoms with Crippen LogP contribution in [0.4, 0.5) is 0 Å². The number of rotatable bonds is 3. The highest BCUT2D eigenvalue weighted by atomic mass is 79.9. The number of aryl methyl sites for hydroxylation is 1. The van der Waals surface area contributed by atoms with E-state index < -0.39 is 0 Å². The predicted octanol–water partition coefficient (Wildman–Crippen LogP) is 5.50. The fraction of sp³-hybridized carbons (Fsp3) is 0.118. The second-order valence-corrected chi connectivity index (χ2v) is 6.71. The third kappa shape index (κ3) is 3.27. The van der Waals surface area contributed by atoms with Crippen molar-refractivity contribution in [3.63, 3.8) is 0 Å². The van der Waals surface area contributed by atoms with E-state index in [1.54, 1.807) is 0 Å². The van der Waals surface area contributed by atoms with Gasteiger partial charge in [0.2, 0.25) is 0 Å². The summed E-state index contributed by atoms with van der Waals surface area (Å²) in [5.41, 5.74) is 4.46. The zero-order chi connectivity index (χ0) is 14.8. The van der Waals surface area contributed by atoms with E-state index in [-0.39, 0.29) is 0 Å². The van der Waals surface area contributed by atoms with Crippen LogP contribution in [0.2, 0.25) is 0 Å². The van der Waals surface area contributed by atoms with Crippen molar-refractivity contribution in [2.75, 3.05) is 0 Å². The third-order valence-corrected chi connectivity index (χ3v) is 4.57. The summed E-state index contributed by atoms with van der Waals surface area (Å²) in [5, 5.41) is 0. The first kappa shape index (κ1) is 14.5. The summed E-state index contributed by atoms with van der Waals surface area (Å²) in [6.07, 6.45) is 0.804. The first-order chi connectivity index (χ1) is 10.1. The second kappa shape index (κ2) is 6.16. The molecule has 0 aliphatic carbocycles. The highest BCUT2D eigenvalue weighted by Crippen LogP contribution is 2.29. The molecule has 1 heterocycles. The number of aromatic nitrogens is 2. The minimum atomic E-state index is 0.804. The molecule has 1 N–H and O–H groups in total. The molecule has 0 atom stereocenters. The van der Waals surface area contributed by atoms with E-state index >= 15 is 0 Å². The molecule has 0 saturated carbocycles. The SMILES string of the molecule is Cc1[nH]c(Cc2ccc(Br)cc2)nc1-c1ccccc1Br. The molecule has 2 aromatic carbocycles. The summed E-state index contributed by atoms with van der Waals surface area (Å²) in [4.78, 5) is 8.15. The van der Waals surface area contributed by atoms with Crippen molar-refractivity contribution < 1.29 is 0 Å². The van der Waals surface area contributed by atoms with Gasteiger partial charge in [-0.3, -0.25) is 0 Å². The molecular formula is C17H14Br2N2. The molecule has 0 amide bonds. The van der Waals surface area contributed by atoms with E-state index in [0.29, 0.717) is 0 Å². The largest absolute Gasteiger partial charge is 0.345 e.